The van der Waals surface area contributed by atoms with Crippen molar-refractivity contribution in [1.29, 1.82) is 0 Å². The highest BCUT2D eigenvalue weighted by Gasteiger charge is 2.25. The Morgan fingerprint density at radius 2 is 2.09 bits per heavy atom. The van der Waals surface area contributed by atoms with Gasteiger partial charge in [0.1, 0.15) is 5.76 Å². The van der Waals surface area contributed by atoms with Gasteiger partial charge in [-0.15, -0.1) is 0 Å². The molecule has 7 heteroatoms. The lowest BCUT2D eigenvalue weighted by molar-refractivity contribution is 0.0987. The van der Waals surface area contributed by atoms with Gasteiger partial charge in [-0.25, -0.2) is 4.98 Å². The fourth-order valence-corrected chi connectivity index (χ4v) is 3.09. The van der Waals surface area contributed by atoms with Gasteiger partial charge in [0.05, 0.1) is 18.8 Å². The van der Waals surface area contributed by atoms with Crippen LogP contribution in [0.25, 0.3) is 0 Å². The normalized spacial score (nSPS) is 19.6. The topological polar surface area (TPSA) is 71.4 Å². The summed E-state index contributed by atoms with van der Waals surface area (Å²) in [4.78, 5) is 13.5. The first-order valence-electron chi connectivity index (χ1n) is 8.16. The molecule has 1 aliphatic heterocycles. The number of rotatable bonds is 5. The van der Waals surface area contributed by atoms with Crippen LogP contribution < -0.4 is 0 Å². The van der Waals surface area contributed by atoms with Gasteiger partial charge in [0.25, 0.3) is 0 Å². The number of aryl methyl sites for hydroxylation is 3. The summed E-state index contributed by atoms with van der Waals surface area (Å²) in [6, 6.07) is 0.490. The third kappa shape index (κ3) is 3.97. The van der Waals surface area contributed by atoms with E-state index in [0.717, 1.165) is 49.3 Å². The highest BCUT2D eigenvalue weighted by Crippen LogP contribution is 2.19. The van der Waals surface area contributed by atoms with E-state index < -0.39 is 0 Å². The summed E-state index contributed by atoms with van der Waals surface area (Å²) in [5.41, 5.74) is 0.978. The van der Waals surface area contributed by atoms with Crippen molar-refractivity contribution in [2.45, 2.75) is 52.7 Å². The molecule has 0 amide bonds. The number of aromatic nitrogens is 3. The van der Waals surface area contributed by atoms with Crippen LogP contribution >= 0.6 is 0 Å². The zero-order valence-electron chi connectivity index (χ0n) is 14.4. The number of hydrogen-bond acceptors (Lipinski definition) is 7. The molecule has 3 heterocycles. The van der Waals surface area contributed by atoms with E-state index >= 15 is 0 Å². The highest BCUT2D eigenvalue weighted by molar-refractivity contribution is 5.05. The summed E-state index contributed by atoms with van der Waals surface area (Å²) in [7, 11) is 2.14. The van der Waals surface area contributed by atoms with Gasteiger partial charge in [-0.05, 0) is 40.3 Å². The molecule has 1 saturated heterocycles. The quantitative estimate of drug-likeness (QED) is 0.835. The minimum Gasteiger partial charge on any atom is -0.444 e. The SMILES string of the molecule is Cc1nc(CN2CCC[C@@H](N(C)Cc3nc(C)c(C)o3)C2)no1. The monoisotopic (exact) mass is 319 g/mol. The van der Waals surface area contributed by atoms with Crippen LogP contribution in [0, 0.1) is 20.8 Å². The molecule has 3 rings (SSSR count). The number of piperidine rings is 1. The third-order valence-electron chi connectivity index (χ3n) is 4.50. The molecule has 2 aromatic heterocycles. The molecular weight excluding hydrogens is 294 g/mol. The van der Waals surface area contributed by atoms with E-state index in [1.807, 2.05) is 20.8 Å². The van der Waals surface area contributed by atoms with Crippen molar-refractivity contribution in [3.05, 3.63) is 29.1 Å². The van der Waals surface area contributed by atoms with Crippen LogP contribution in [0.15, 0.2) is 8.94 Å². The first kappa shape index (κ1) is 16.1. The Kier molecular flexibility index (Phi) is 4.77. The molecule has 1 atom stereocenters. The van der Waals surface area contributed by atoms with E-state index in [4.69, 9.17) is 8.94 Å². The lowest BCUT2D eigenvalue weighted by Gasteiger charge is -2.36. The Balaban J connectivity index is 1.56. The molecule has 7 nitrogen and oxygen atoms in total. The Bertz CT molecular complexity index is 631. The molecule has 23 heavy (non-hydrogen) atoms. The molecule has 0 aromatic carbocycles. The molecule has 0 N–H and O–H groups in total. The largest absolute Gasteiger partial charge is 0.444 e. The van der Waals surface area contributed by atoms with Crippen molar-refractivity contribution >= 4 is 0 Å². The number of likely N-dealkylation sites (tertiary alicyclic amines) is 1. The number of oxazole rings is 1. The smallest absolute Gasteiger partial charge is 0.223 e. The highest BCUT2D eigenvalue weighted by atomic mass is 16.5. The Labute approximate surface area is 136 Å². The average molecular weight is 319 g/mol. The Morgan fingerprint density at radius 3 is 2.74 bits per heavy atom. The maximum Gasteiger partial charge on any atom is 0.223 e. The molecule has 0 radical (unpaired) electrons. The number of likely N-dealkylation sites (N-methyl/N-ethyl adjacent to an activating group) is 1. The zero-order valence-corrected chi connectivity index (χ0v) is 14.4. The van der Waals surface area contributed by atoms with Crippen LogP contribution in [-0.4, -0.2) is 51.1 Å². The molecule has 1 aliphatic rings. The standard InChI is InChI=1S/C16H25N5O2/c1-11-12(2)22-16(17-11)10-20(4)14-6-5-7-21(8-14)9-15-18-13(3)23-19-15/h14H,5-10H2,1-4H3/t14-/m1/s1. The maximum absolute atomic E-state index is 5.70. The van der Waals surface area contributed by atoms with E-state index in [1.54, 1.807) is 0 Å². The predicted octanol–water partition coefficient (Wildman–Crippen LogP) is 2.08. The summed E-state index contributed by atoms with van der Waals surface area (Å²) in [5.74, 6) is 3.10. The molecule has 0 bridgehead atoms. The van der Waals surface area contributed by atoms with Crippen molar-refractivity contribution < 1.29 is 8.94 Å². The minimum atomic E-state index is 0.490. The van der Waals surface area contributed by atoms with E-state index in [0.29, 0.717) is 11.9 Å². The second-order valence-corrected chi connectivity index (χ2v) is 6.43. The van der Waals surface area contributed by atoms with E-state index in [-0.39, 0.29) is 0 Å². The van der Waals surface area contributed by atoms with Crippen LogP contribution in [-0.2, 0) is 13.1 Å². The number of nitrogens with zero attached hydrogens (tertiary/aromatic N) is 5. The Hall–Kier alpha value is -1.73. The summed E-state index contributed by atoms with van der Waals surface area (Å²) in [5, 5.41) is 3.99. The van der Waals surface area contributed by atoms with Crippen molar-refractivity contribution in [2.24, 2.45) is 0 Å². The molecule has 0 aliphatic carbocycles. The van der Waals surface area contributed by atoms with Gasteiger partial charge in [0.2, 0.25) is 11.8 Å². The van der Waals surface area contributed by atoms with Gasteiger partial charge < -0.3 is 8.94 Å². The van der Waals surface area contributed by atoms with E-state index in [9.17, 15) is 0 Å². The lowest BCUT2D eigenvalue weighted by Crippen LogP contribution is -2.45. The van der Waals surface area contributed by atoms with Crippen LogP contribution in [0.2, 0.25) is 0 Å². The van der Waals surface area contributed by atoms with Gasteiger partial charge in [0.15, 0.2) is 5.82 Å². The summed E-state index contributed by atoms with van der Waals surface area (Å²) in [6.07, 6.45) is 2.37. The number of hydrogen-bond donors (Lipinski definition) is 0. The van der Waals surface area contributed by atoms with Gasteiger partial charge in [-0.2, -0.15) is 4.98 Å². The maximum atomic E-state index is 5.70. The van der Waals surface area contributed by atoms with Gasteiger partial charge in [0, 0.05) is 19.5 Å². The summed E-state index contributed by atoms with van der Waals surface area (Å²) >= 11 is 0. The van der Waals surface area contributed by atoms with Crippen molar-refractivity contribution in [3.8, 4) is 0 Å². The second-order valence-electron chi connectivity index (χ2n) is 6.43. The molecule has 0 unspecified atom stereocenters. The molecule has 2 aromatic rings. The molecule has 1 fully saturated rings. The molecular formula is C16H25N5O2. The van der Waals surface area contributed by atoms with Crippen LogP contribution in [0.4, 0.5) is 0 Å². The Morgan fingerprint density at radius 1 is 1.26 bits per heavy atom. The van der Waals surface area contributed by atoms with Crippen LogP contribution in [0.1, 0.15) is 41.9 Å². The molecule has 0 saturated carbocycles. The average Bonchev–Trinajstić information content (AvgIpc) is 3.05. The summed E-state index contributed by atoms with van der Waals surface area (Å²) < 4.78 is 10.8. The summed E-state index contributed by atoms with van der Waals surface area (Å²) in [6.45, 7) is 9.34. The van der Waals surface area contributed by atoms with Gasteiger partial charge in [-0.3, -0.25) is 9.80 Å². The fourth-order valence-electron chi connectivity index (χ4n) is 3.09. The van der Waals surface area contributed by atoms with Crippen molar-refractivity contribution in [1.82, 2.24) is 24.9 Å². The van der Waals surface area contributed by atoms with E-state index in [2.05, 4.69) is 32.0 Å². The molecule has 0 spiro atoms. The first-order chi connectivity index (χ1) is 11.0. The predicted molar refractivity (Wildman–Crippen MR) is 84.8 cm³/mol. The first-order valence-corrected chi connectivity index (χ1v) is 8.16. The molecule has 126 valence electrons. The van der Waals surface area contributed by atoms with Gasteiger partial charge in [-0.1, -0.05) is 5.16 Å². The fraction of sp³-hybridized carbons (Fsp3) is 0.688. The van der Waals surface area contributed by atoms with Crippen molar-refractivity contribution in [2.75, 3.05) is 20.1 Å². The van der Waals surface area contributed by atoms with Crippen LogP contribution in [0.5, 0.6) is 0 Å². The lowest BCUT2D eigenvalue weighted by atomic mass is 10.0. The third-order valence-corrected chi connectivity index (χ3v) is 4.50. The zero-order chi connectivity index (χ0) is 16.4. The van der Waals surface area contributed by atoms with Crippen molar-refractivity contribution in [3.63, 3.8) is 0 Å². The minimum absolute atomic E-state index is 0.490. The van der Waals surface area contributed by atoms with Crippen LogP contribution in [0.3, 0.4) is 0 Å². The second kappa shape index (κ2) is 6.80. The van der Waals surface area contributed by atoms with Gasteiger partial charge >= 0.3 is 0 Å². The van der Waals surface area contributed by atoms with E-state index in [1.165, 1.54) is 12.8 Å².